The van der Waals surface area contributed by atoms with Crippen molar-refractivity contribution in [3.8, 4) is 23.0 Å². The van der Waals surface area contributed by atoms with Gasteiger partial charge in [-0.05, 0) is 63.2 Å². The number of methoxy groups -OCH3 is 4. The van der Waals surface area contributed by atoms with Crippen LogP contribution in [0.1, 0.15) is 40.0 Å². The van der Waals surface area contributed by atoms with E-state index in [1.807, 2.05) is 0 Å². The van der Waals surface area contributed by atoms with Gasteiger partial charge in [0, 0.05) is 6.54 Å². The molecule has 0 bridgehead atoms. The minimum atomic E-state index is -0.492. The summed E-state index contributed by atoms with van der Waals surface area (Å²) in [6.45, 7) is 2.32. The van der Waals surface area contributed by atoms with E-state index in [-0.39, 0.29) is 29.2 Å². The molecular weight excluding hydrogens is 438 g/mol. The Balaban J connectivity index is 2.35. The molecule has 2 aromatic rings. The summed E-state index contributed by atoms with van der Waals surface area (Å²) in [4.78, 5) is 28.5. The molecule has 0 atom stereocenters. The highest BCUT2D eigenvalue weighted by Crippen LogP contribution is 2.34. The fourth-order valence-corrected chi connectivity index (χ4v) is 3.58. The van der Waals surface area contributed by atoms with E-state index in [1.165, 1.54) is 33.3 Å². The lowest BCUT2D eigenvalue weighted by Crippen LogP contribution is -2.39. The van der Waals surface area contributed by atoms with Crippen LogP contribution in [0.25, 0.3) is 0 Å². The van der Waals surface area contributed by atoms with Crippen molar-refractivity contribution in [1.29, 1.82) is 0 Å². The number of carbonyl (C=O) groups excluding carboxylic acids is 2. The van der Waals surface area contributed by atoms with E-state index in [4.69, 9.17) is 24.7 Å². The van der Waals surface area contributed by atoms with Crippen molar-refractivity contribution in [2.75, 3.05) is 54.6 Å². The first kappa shape index (κ1) is 26.9. The van der Waals surface area contributed by atoms with E-state index < -0.39 is 11.8 Å². The van der Waals surface area contributed by atoms with Crippen LogP contribution in [0.15, 0.2) is 36.4 Å². The topological polar surface area (TPSA) is 112 Å². The number of hydrogen-bond acceptors (Lipinski definition) is 8. The summed E-state index contributed by atoms with van der Waals surface area (Å²) in [7, 11) is 5.90. The molecule has 0 aliphatic rings. The number of amides is 2. The molecular formula is C25H35N3O6. The number of nitrogens with zero attached hydrogens (tertiary/aromatic N) is 1. The third-order valence-electron chi connectivity index (χ3n) is 5.30. The summed E-state index contributed by atoms with van der Waals surface area (Å²) in [6.07, 6.45) is 2.49. The number of carbonyl (C=O) groups is 2. The third-order valence-corrected chi connectivity index (χ3v) is 5.30. The average molecular weight is 474 g/mol. The molecule has 0 aliphatic carbocycles. The summed E-state index contributed by atoms with van der Waals surface area (Å²) in [5, 5.41) is 3.32. The summed E-state index contributed by atoms with van der Waals surface area (Å²) in [6, 6.07) is 9.97. The van der Waals surface area contributed by atoms with Gasteiger partial charge in [0.25, 0.3) is 11.8 Å². The maximum Gasteiger partial charge on any atom is 0.264 e. The Kier molecular flexibility index (Phi) is 11.2. The number of nitrogens with two attached hydrogens (primary N) is 1. The molecule has 186 valence electrons. The number of benzene rings is 2. The molecule has 3 N–H and O–H groups in total. The van der Waals surface area contributed by atoms with Gasteiger partial charge in [0.2, 0.25) is 0 Å². The molecule has 0 spiro atoms. The molecule has 0 aromatic heterocycles. The number of nitrogens with one attached hydrogen (secondary N) is 1. The highest BCUT2D eigenvalue weighted by atomic mass is 16.5. The van der Waals surface area contributed by atoms with Crippen LogP contribution in [0.3, 0.4) is 0 Å². The minimum Gasteiger partial charge on any atom is -0.493 e. The molecule has 34 heavy (non-hydrogen) atoms. The molecule has 9 heteroatoms. The van der Waals surface area contributed by atoms with E-state index in [0.29, 0.717) is 31.0 Å². The van der Waals surface area contributed by atoms with Crippen molar-refractivity contribution in [2.24, 2.45) is 5.73 Å². The number of para-hydroxylation sites is 2. The van der Waals surface area contributed by atoms with Gasteiger partial charge in [0.15, 0.2) is 23.0 Å². The quantitative estimate of drug-likeness (QED) is 0.318. The Morgan fingerprint density at radius 1 is 0.765 bits per heavy atom. The van der Waals surface area contributed by atoms with Crippen LogP contribution in [-0.4, -0.2) is 71.3 Å². The first-order chi connectivity index (χ1) is 16.5. The van der Waals surface area contributed by atoms with Crippen LogP contribution in [-0.2, 0) is 0 Å². The van der Waals surface area contributed by atoms with E-state index in [1.54, 1.807) is 36.4 Å². The molecule has 0 aliphatic heterocycles. The van der Waals surface area contributed by atoms with Crippen LogP contribution in [0, 0.1) is 0 Å². The van der Waals surface area contributed by atoms with Crippen molar-refractivity contribution in [3.05, 3.63) is 47.5 Å². The van der Waals surface area contributed by atoms with Gasteiger partial charge in [0.1, 0.15) is 0 Å². The smallest absolute Gasteiger partial charge is 0.264 e. The van der Waals surface area contributed by atoms with Crippen LogP contribution in [0.2, 0.25) is 0 Å². The van der Waals surface area contributed by atoms with Gasteiger partial charge in [0.05, 0.1) is 39.6 Å². The van der Waals surface area contributed by atoms with Gasteiger partial charge in [-0.2, -0.15) is 0 Å². The van der Waals surface area contributed by atoms with Gasteiger partial charge in [-0.15, -0.1) is 0 Å². The maximum absolute atomic E-state index is 13.6. The van der Waals surface area contributed by atoms with Crippen molar-refractivity contribution >= 4 is 11.8 Å². The second-order valence-electron chi connectivity index (χ2n) is 7.44. The number of hydrogen-bond donors (Lipinski definition) is 2. The molecule has 0 fully saturated rings. The zero-order valence-corrected chi connectivity index (χ0v) is 20.4. The molecule has 0 unspecified atom stereocenters. The monoisotopic (exact) mass is 473 g/mol. The lowest BCUT2D eigenvalue weighted by molar-refractivity contribution is 0.0610. The van der Waals surface area contributed by atoms with Gasteiger partial charge in [-0.25, -0.2) is 0 Å². The second kappa shape index (κ2) is 14.1. The Morgan fingerprint density at radius 2 is 1.26 bits per heavy atom. The SMILES string of the molecule is COc1cccc(C(=O)N(CCCNCCCCN)C(=O)c2cccc(OC)c2OC)c1OC. The van der Waals surface area contributed by atoms with Crippen LogP contribution >= 0.6 is 0 Å². The van der Waals surface area contributed by atoms with Gasteiger partial charge in [-0.1, -0.05) is 12.1 Å². The minimum absolute atomic E-state index is 0.197. The number of rotatable bonds is 14. The van der Waals surface area contributed by atoms with Gasteiger partial charge in [-0.3, -0.25) is 14.5 Å². The fourth-order valence-electron chi connectivity index (χ4n) is 3.58. The van der Waals surface area contributed by atoms with Crippen molar-refractivity contribution < 1.29 is 28.5 Å². The molecule has 0 saturated carbocycles. The van der Waals surface area contributed by atoms with Crippen LogP contribution in [0.5, 0.6) is 23.0 Å². The third kappa shape index (κ3) is 6.61. The van der Waals surface area contributed by atoms with Crippen molar-refractivity contribution in [3.63, 3.8) is 0 Å². The summed E-state index contributed by atoms with van der Waals surface area (Å²) < 4.78 is 21.5. The normalized spacial score (nSPS) is 10.5. The predicted molar refractivity (Wildman–Crippen MR) is 130 cm³/mol. The lowest BCUT2D eigenvalue weighted by atomic mass is 10.1. The zero-order chi connectivity index (χ0) is 24.9. The van der Waals surface area contributed by atoms with Crippen molar-refractivity contribution in [1.82, 2.24) is 10.2 Å². The fraction of sp³-hybridized carbons (Fsp3) is 0.440. The van der Waals surface area contributed by atoms with Gasteiger partial charge < -0.3 is 30.0 Å². The molecule has 9 nitrogen and oxygen atoms in total. The van der Waals surface area contributed by atoms with E-state index in [0.717, 1.165) is 19.4 Å². The predicted octanol–water partition coefficient (Wildman–Crippen LogP) is 2.72. The number of ether oxygens (including phenoxy) is 4. The number of imide groups is 1. The highest BCUT2D eigenvalue weighted by Gasteiger charge is 2.30. The van der Waals surface area contributed by atoms with Crippen molar-refractivity contribution in [2.45, 2.75) is 19.3 Å². The lowest BCUT2D eigenvalue weighted by Gasteiger charge is -2.24. The second-order valence-corrected chi connectivity index (χ2v) is 7.44. The summed E-state index contributed by atoms with van der Waals surface area (Å²) in [5.74, 6) is 0.362. The first-order valence-corrected chi connectivity index (χ1v) is 11.2. The van der Waals surface area contributed by atoms with E-state index in [9.17, 15) is 9.59 Å². The zero-order valence-electron chi connectivity index (χ0n) is 20.4. The average Bonchev–Trinajstić information content (AvgIpc) is 2.88. The molecule has 0 saturated heterocycles. The summed E-state index contributed by atoms with van der Waals surface area (Å²) in [5.41, 5.74) is 5.99. The Labute approximate surface area is 201 Å². The Bertz CT molecular complexity index is 883. The molecule has 2 aromatic carbocycles. The Morgan fingerprint density at radius 3 is 1.71 bits per heavy atom. The van der Waals surface area contributed by atoms with E-state index in [2.05, 4.69) is 5.32 Å². The highest BCUT2D eigenvalue weighted by molar-refractivity contribution is 6.12. The maximum atomic E-state index is 13.6. The van der Waals surface area contributed by atoms with Crippen LogP contribution in [0.4, 0.5) is 0 Å². The largest absolute Gasteiger partial charge is 0.493 e. The molecule has 2 rings (SSSR count). The van der Waals surface area contributed by atoms with Gasteiger partial charge >= 0.3 is 0 Å². The Hall–Kier alpha value is -3.30. The molecule has 0 heterocycles. The molecule has 0 radical (unpaired) electrons. The number of unbranched alkanes of at least 4 members (excludes halogenated alkanes) is 1. The van der Waals surface area contributed by atoms with E-state index >= 15 is 0 Å². The first-order valence-electron chi connectivity index (χ1n) is 11.2. The summed E-state index contributed by atoms with van der Waals surface area (Å²) >= 11 is 0. The van der Waals surface area contributed by atoms with Crippen LogP contribution < -0.4 is 30.0 Å². The standard InChI is InChI=1S/C25H35N3O6/c1-31-20-12-7-10-18(22(20)33-3)24(29)28(17-9-16-27-15-6-5-14-26)25(30)19-11-8-13-21(32-2)23(19)34-4/h7-8,10-13,27H,5-6,9,14-17,26H2,1-4H3. The molecule has 2 amide bonds.